The van der Waals surface area contributed by atoms with E-state index < -0.39 is 30.2 Å². The van der Waals surface area contributed by atoms with Crippen LogP contribution in [0.1, 0.15) is 18.9 Å². The number of hydrogen-bond donors (Lipinski definition) is 2. The first-order chi connectivity index (χ1) is 15.6. The Balaban J connectivity index is 1.34. The van der Waals surface area contributed by atoms with E-state index in [1.54, 1.807) is 24.2 Å². The van der Waals surface area contributed by atoms with Crippen molar-refractivity contribution in [2.75, 3.05) is 50.8 Å². The third-order valence-corrected chi connectivity index (χ3v) is 5.42. The molecule has 3 atom stereocenters. The molecule has 0 saturated carbocycles. The van der Waals surface area contributed by atoms with Crippen LogP contribution in [-0.2, 0) is 19.1 Å². The lowest BCUT2D eigenvalue weighted by molar-refractivity contribution is -0.219. The maximum absolute atomic E-state index is 13.1. The van der Waals surface area contributed by atoms with Crippen molar-refractivity contribution in [3.63, 3.8) is 0 Å². The fraction of sp³-hybridized carbons (Fsp3) is 0.700. The van der Waals surface area contributed by atoms with Crippen molar-refractivity contribution < 1.29 is 32.2 Å². The van der Waals surface area contributed by atoms with E-state index >= 15 is 0 Å². The molecule has 184 valence electrons. The van der Waals surface area contributed by atoms with E-state index in [0.717, 1.165) is 5.56 Å². The molecule has 0 bridgehead atoms. The molecule has 1 aromatic heterocycles. The highest BCUT2D eigenvalue weighted by Crippen LogP contribution is 2.32. The highest BCUT2D eigenvalue weighted by molar-refractivity contribution is 5.80. The van der Waals surface area contributed by atoms with E-state index in [2.05, 4.69) is 15.4 Å². The predicted octanol–water partition coefficient (Wildman–Crippen LogP) is 0.427. The van der Waals surface area contributed by atoms with Crippen LogP contribution < -0.4 is 15.8 Å². The number of aryl methyl sites for hydroxylation is 1. The van der Waals surface area contributed by atoms with Gasteiger partial charge in [-0.3, -0.25) is 15.0 Å². The van der Waals surface area contributed by atoms with Gasteiger partial charge in [0, 0.05) is 45.1 Å². The molecule has 2 aliphatic heterocycles. The van der Waals surface area contributed by atoms with E-state index in [-0.39, 0.29) is 32.1 Å². The molecule has 2 saturated heterocycles. The molecule has 0 aliphatic carbocycles. The molecular formula is C20H29F3N6O4. The quantitative estimate of drug-likeness (QED) is 0.522. The zero-order valence-corrected chi connectivity index (χ0v) is 18.6. The average Bonchev–Trinajstić information content (AvgIpc) is 2.76. The number of anilines is 1. The van der Waals surface area contributed by atoms with E-state index in [9.17, 15) is 22.8 Å². The molecule has 2 amide bonds. The Hall–Kier alpha value is -2.51. The number of hydrogen-bond acceptors (Lipinski definition) is 8. The molecule has 0 aromatic carbocycles. The van der Waals surface area contributed by atoms with Crippen LogP contribution in [0.25, 0.3) is 0 Å². The largest absolute Gasteiger partial charge is 0.403 e. The Morgan fingerprint density at radius 2 is 1.91 bits per heavy atom. The van der Waals surface area contributed by atoms with Gasteiger partial charge >= 0.3 is 6.18 Å². The molecular weight excluding hydrogens is 445 g/mol. The summed E-state index contributed by atoms with van der Waals surface area (Å²) in [6, 6.07) is 0. The van der Waals surface area contributed by atoms with E-state index in [0.29, 0.717) is 32.1 Å². The number of nitrogens with one attached hydrogen (secondary N) is 2. The van der Waals surface area contributed by atoms with Gasteiger partial charge in [0.2, 0.25) is 17.8 Å². The van der Waals surface area contributed by atoms with Crippen LogP contribution in [0.3, 0.4) is 0 Å². The second kappa shape index (κ2) is 11.1. The molecule has 2 unspecified atom stereocenters. The predicted molar refractivity (Wildman–Crippen MR) is 111 cm³/mol. The number of rotatable bonds is 8. The second-order valence-electron chi connectivity index (χ2n) is 8.13. The maximum Gasteiger partial charge on any atom is 0.403 e. The van der Waals surface area contributed by atoms with Crippen LogP contribution in [-0.4, -0.2) is 91.0 Å². The summed E-state index contributed by atoms with van der Waals surface area (Å²) in [5.74, 6) is -2.83. The van der Waals surface area contributed by atoms with Crippen molar-refractivity contribution in [1.82, 2.24) is 25.7 Å². The average molecular weight is 474 g/mol. The first-order valence-corrected chi connectivity index (χ1v) is 10.8. The number of nitrogens with zero attached hydrogens (tertiary/aromatic N) is 4. The van der Waals surface area contributed by atoms with Crippen molar-refractivity contribution in [1.29, 1.82) is 0 Å². The van der Waals surface area contributed by atoms with Gasteiger partial charge in [0.05, 0.1) is 31.8 Å². The van der Waals surface area contributed by atoms with Crippen LogP contribution in [0.2, 0.25) is 0 Å². The molecule has 10 nitrogen and oxygen atoms in total. The highest BCUT2D eigenvalue weighted by Gasteiger charge is 2.52. The normalized spacial score (nSPS) is 22.8. The highest BCUT2D eigenvalue weighted by atomic mass is 19.4. The number of hydrazine groups is 1. The Labute approximate surface area is 189 Å². The van der Waals surface area contributed by atoms with Gasteiger partial charge in [-0.25, -0.2) is 15.4 Å². The monoisotopic (exact) mass is 474 g/mol. The Kier molecular flexibility index (Phi) is 8.43. The number of amides is 2. The molecule has 0 spiro atoms. The van der Waals surface area contributed by atoms with Gasteiger partial charge in [0.1, 0.15) is 0 Å². The molecule has 2 N–H and O–H groups in total. The molecule has 3 heterocycles. The summed E-state index contributed by atoms with van der Waals surface area (Å²) >= 11 is 0. The molecule has 33 heavy (non-hydrogen) atoms. The number of halogens is 3. The third kappa shape index (κ3) is 6.98. The van der Waals surface area contributed by atoms with Gasteiger partial charge < -0.3 is 19.3 Å². The van der Waals surface area contributed by atoms with Crippen molar-refractivity contribution in [3.05, 3.63) is 18.0 Å². The molecule has 13 heteroatoms. The van der Waals surface area contributed by atoms with Crippen LogP contribution in [0.5, 0.6) is 0 Å². The molecule has 2 aliphatic rings. The minimum Gasteiger partial charge on any atom is -0.378 e. The number of alkyl halides is 3. The lowest BCUT2D eigenvalue weighted by atomic mass is 9.99. The standard InChI is InChI=1S/C20H29F3N6O4/c1-13-9-24-19(25-10-13)29-6-4-28(5-7-29)16(30)3-8-32-12-14(2)33-15-11-26-27-18(31)17(15)20(21,22)23/h9-10,14-15,17,26H,3-8,11-12H2,1-2H3,(H,27,31)/t14-,15?,17?/m0/s1. The topological polar surface area (TPSA) is 109 Å². The summed E-state index contributed by atoms with van der Waals surface area (Å²) in [6.45, 7) is 5.80. The van der Waals surface area contributed by atoms with Crippen molar-refractivity contribution in [2.45, 2.75) is 38.7 Å². The lowest BCUT2D eigenvalue weighted by Crippen LogP contribution is -2.60. The van der Waals surface area contributed by atoms with Gasteiger partial charge in [-0.2, -0.15) is 13.2 Å². The van der Waals surface area contributed by atoms with Gasteiger partial charge in [-0.15, -0.1) is 0 Å². The molecule has 3 rings (SSSR count). The van der Waals surface area contributed by atoms with E-state index in [1.807, 2.05) is 17.2 Å². The van der Waals surface area contributed by atoms with Crippen LogP contribution in [0.15, 0.2) is 12.4 Å². The van der Waals surface area contributed by atoms with Crippen LogP contribution in [0, 0.1) is 12.8 Å². The summed E-state index contributed by atoms with van der Waals surface area (Å²) in [5, 5.41) is 0. The smallest absolute Gasteiger partial charge is 0.378 e. The fourth-order valence-corrected chi connectivity index (χ4v) is 3.70. The van der Waals surface area contributed by atoms with Crippen LogP contribution in [0.4, 0.5) is 19.1 Å². The first-order valence-electron chi connectivity index (χ1n) is 10.8. The van der Waals surface area contributed by atoms with E-state index in [4.69, 9.17) is 9.47 Å². The number of ether oxygens (including phenoxy) is 2. The molecule has 1 aromatic rings. The molecule has 0 radical (unpaired) electrons. The van der Waals surface area contributed by atoms with Gasteiger partial charge in [0.15, 0.2) is 5.92 Å². The molecule has 2 fully saturated rings. The summed E-state index contributed by atoms with van der Waals surface area (Å²) in [7, 11) is 0. The third-order valence-electron chi connectivity index (χ3n) is 5.42. The second-order valence-corrected chi connectivity index (χ2v) is 8.13. The number of aromatic nitrogens is 2. The van der Waals surface area contributed by atoms with Crippen LogP contribution >= 0.6 is 0 Å². The van der Waals surface area contributed by atoms with Crippen molar-refractivity contribution >= 4 is 17.8 Å². The van der Waals surface area contributed by atoms with Crippen molar-refractivity contribution in [3.8, 4) is 0 Å². The number of carbonyl (C=O) groups excluding carboxylic acids is 2. The lowest BCUT2D eigenvalue weighted by Gasteiger charge is -2.35. The summed E-state index contributed by atoms with van der Waals surface area (Å²) in [5.41, 5.74) is 5.36. The summed E-state index contributed by atoms with van der Waals surface area (Å²) in [4.78, 5) is 36.4. The SMILES string of the molecule is Cc1cnc(N2CCN(C(=O)CCOC[C@H](C)OC3CNNC(=O)C3C(F)(F)F)CC2)nc1. The number of piperazine rings is 1. The first kappa shape index (κ1) is 25.1. The van der Waals surface area contributed by atoms with Gasteiger partial charge in [-0.05, 0) is 19.4 Å². The minimum atomic E-state index is -4.71. The van der Waals surface area contributed by atoms with Crippen molar-refractivity contribution in [2.24, 2.45) is 5.92 Å². The Morgan fingerprint density at radius 3 is 2.55 bits per heavy atom. The minimum absolute atomic E-state index is 0.00845. The Bertz CT molecular complexity index is 802. The Morgan fingerprint density at radius 1 is 1.24 bits per heavy atom. The van der Waals surface area contributed by atoms with Gasteiger partial charge in [0.25, 0.3) is 0 Å². The van der Waals surface area contributed by atoms with Gasteiger partial charge in [-0.1, -0.05) is 0 Å². The summed E-state index contributed by atoms with van der Waals surface area (Å²) in [6.07, 6.45) is -3.07. The van der Waals surface area contributed by atoms with E-state index in [1.165, 1.54) is 0 Å². The fourth-order valence-electron chi connectivity index (χ4n) is 3.70. The zero-order valence-electron chi connectivity index (χ0n) is 18.6. The summed E-state index contributed by atoms with van der Waals surface area (Å²) < 4.78 is 50.3. The zero-order chi connectivity index (χ0) is 24.0. The maximum atomic E-state index is 13.1. The number of carbonyl (C=O) groups is 2.